The first-order chi connectivity index (χ1) is 27.0. The second-order valence-corrected chi connectivity index (χ2v) is 16.7. The lowest BCUT2D eigenvalue weighted by Gasteiger charge is -2.24. The van der Waals surface area contributed by atoms with Crippen molar-refractivity contribution in [3.05, 3.63) is 85.3 Å². The summed E-state index contributed by atoms with van der Waals surface area (Å²) in [6.45, 7) is 4.52. The molecule has 0 aliphatic rings. The number of carbonyl (C=O) groups excluding carboxylic acids is 1. The van der Waals surface area contributed by atoms with Crippen molar-refractivity contribution in [2.24, 2.45) is 0 Å². The molecule has 0 fully saturated rings. The largest absolute Gasteiger partial charge is 0.492 e. The maximum Gasteiger partial charge on any atom is 0.472 e. The van der Waals surface area contributed by atoms with Gasteiger partial charge in [-0.25, -0.2) is 4.57 Å². The Labute approximate surface area is 342 Å². The summed E-state index contributed by atoms with van der Waals surface area (Å²) in [4.78, 5) is 22.7. The molecule has 0 saturated carbocycles. The lowest BCUT2D eigenvalue weighted by Crippen LogP contribution is -2.37. The molecule has 9 nitrogen and oxygen atoms in total. The number of esters is 1. The number of carbonyl (C=O) groups is 1. The molecule has 0 aromatic rings. The molecule has 0 rings (SSSR count). The molecule has 0 amide bonds. The highest BCUT2D eigenvalue weighted by Gasteiger charge is 2.25. The molecule has 0 aliphatic heterocycles. The second kappa shape index (κ2) is 38.0. The van der Waals surface area contributed by atoms with Crippen molar-refractivity contribution in [3.8, 4) is 0 Å². The maximum absolute atomic E-state index is 12.5. The average Bonchev–Trinajstić information content (AvgIpc) is 3.14. The number of ether oxygens (including phenoxy) is 2. The van der Waals surface area contributed by atoms with E-state index in [4.69, 9.17) is 18.5 Å². The van der Waals surface area contributed by atoms with Gasteiger partial charge in [0.1, 0.15) is 19.8 Å². The number of rotatable bonds is 38. The fourth-order valence-electron chi connectivity index (χ4n) is 5.21. The van der Waals surface area contributed by atoms with Gasteiger partial charge in [0.2, 0.25) is 0 Å². The zero-order valence-corrected chi connectivity index (χ0v) is 36.8. The van der Waals surface area contributed by atoms with Gasteiger partial charge < -0.3 is 24.0 Å². The summed E-state index contributed by atoms with van der Waals surface area (Å²) in [5, 5.41) is 10.3. The zero-order valence-electron chi connectivity index (χ0n) is 35.9. The first-order valence-electron chi connectivity index (χ1n) is 21.5. The Morgan fingerprint density at radius 3 is 1.86 bits per heavy atom. The molecule has 0 saturated heterocycles. The van der Waals surface area contributed by atoms with Crippen LogP contribution in [0.3, 0.4) is 0 Å². The molecule has 0 radical (unpaired) electrons. The molecule has 2 unspecified atom stereocenters. The third kappa shape index (κ3) is 41.1. The molecule has 10 heteroatoms. The van der Waals surface area contributed by atoms with Crippen LogP contribution < -0.4 is 0 Å². The predicted octanol–water partition coefficient (Wildman–Crippen LogP) is 11.8. The topological polar surface area (TPSA) is 112 Å². The number of aliphatic hydroxyl groups excluding tert-OH is 1. The molecule has 322 valence electrons. The average molecular weight is 807 g/mol. The van der Waals surface area contributed by atoms with Crippen LogP contribution in [0.25, 0.3) is 0 Å². The van der Waals surface area contributed by atoms with Gasteiger partial charge in [-0.3, -0.25) is 13.8 Å². The number of nitrogens with zero attached hydrogens (tertiary/aromatic N) is 1. The summed E-state index contributed by atoms with van der Waals surface area (Å²) >= 11 is 0. The first-order valence-corrected chi connectivity index (χ1v) is 23.0. The summed E-state index contributed by atoms with van der Waals surface area (Å²) in [7, 11) is 1.55. The van der Waals surface area contributed by atoms with Gasteiger partial charge in [-0.2, -0.15) is 0 Å². The Bertz CT molecular complexity index is 1180. The summed E-state index contributed by atoms with van der Waals surface area (Å²) in [5.41, 5.74) is 0. The standard InChI is InChI=1S/C46H80NO8P/c1-6-8-10-12-14-16-18-20-21-22-24-26-28-30-32-34-40-52-45(43-55-56(50,51)54-41-39-47(3,4)5)42-53-46(49)38-35-37-44(48)36-33-31-29-27-25-23-19-17-15-13-11-9-7-2/h9,11,15-18,23,25,29,31,33-34,36,40,44-45,48H,6-8,10,12-14,19-22,24,26-28,30,32,35,37-39,41-43H2,1-5H3/p+1/b11-9-,17-15-,18-16-,25-23-,31-29-,36-33+,40-34+/t44?,45-/m1/s1. The summed E-state index contributed by atoms with van der Waals surface area (Å²) in [5.74, 6) is -0.442. The molecular formula is C46H81NO8P+. The van der Waals surface area contributed by atoms with Crippen LogP contribution >= 0.6 is 7.82 Å². The third-order valence-corrected chi connectivity index (χ3v) is 9.62. The van der Waals surface area contributed by atoms with E-state index in [1.165, 1.54) is 64.2 Å². The smallest absolute Gasteiger partial charge is 0.472 e. The lowest BCUT2D eigenvalue weighted by molar-refractivity contribution is -0.870. The number of aliphatic hydroxyl groups is 1. The Balaban J connectivity index is 4.53. The van der Waals surface area contributed by atoms with Crippen LogP contribution in [0.5, 0.6) is 0 Å². The molecule has 2 N–H and O–H groups in total. The van der Waals surface area contributed by atoms with E-state index in [0.717, 1.165) is 44.9 Å². The van der Waals surface area contributed by atoms with E-state index in [-0.39, 0.29) is 26.2 Å². The predicted molar refractivity (Wildman–Crippen MR) is 234 cm³/mol. The van der Waals surface area contributed by atoms with Crippen LogP contribution in [0.2, 0.25) is 0 Å². The number of hydrogen-bond acceptors (Lipinski definition) is 7. The Hall–Kier alpha value is -2.52. The monoisotopic (exact) mass is 807 g/mol. The number of allylic oxidation sites excluding steroid dienone is 12. The van der Waals surface area contributed by atoms with Crippen molar-refractivity contribution in [1.29, 1.82) is 0 Å². The van der Waals surface area contributed by atoms with Crippen molar-refractivity contribution in [2.45, 2.75) is 154 Å². The number of unbranched alkanes of at least 4 members (excludes halogenated alkanes) is 11. The van der Waals surface area contributed by atoms with Gasteiger partial charge in [0.05, 0.1) is 40.1 Å². The Morgan fingerprint density at radius 2 is 1.25 bits per heavy atom. The second-order valence-electron chi connectivity index (χ2n) is 15.2. The number of likely N-dealkylation sites (N-methyl/N-ethyl adjacent to an activating group) is 1. The van der Waals surface area contributed by atoms with Crippen LogP contribution in [-0.4, -0.2) is 80.2 Å². The Morgan fingerprint density at radius 1 is 0.679 bits per heavy atom. The third-order valence-electron chi connectivity index (χ3n) is 8.63. The van der Waals surface area contributed by atoms with Gasteiger partial charge in [-0.05, 0) is 83.1 Å². The number of hydrogen-bond donors (Lipinski definition) is 2. The van der Waals surface area contributed by atoms with Crippen molar-refractivity contribution < 1.29 is 42.4 Å². The molecule has 56 heavy (non-hydrogen) atoms. The molecule has 0 spiro atoms. The van der Waals surface area contributed by atoms with Gasteiger partial charge in [-0.15, -0.1) is 0 Å². The van der Waals surface area contributed by atoms with Crippen LogP contribution in [0.4, 0.5) is 0 Å². The minimum absolute atomic E-state index is 0.0540. The van der Waals surface area contributed by atoms with Crippen molar-refractivity contribution in [1.82, 2.24) is 0 Å². The van der Waals surface area contributed by atoms with Gasteiger partial charge in [0, 0.05) is 6.42 Å². The normalized spacial score (nSPS) is 15.1. The summed E-state index contributed by atoms with van der Waals surface area (Å²) in [6.07, 6.45) is 47.5. The molecule has 0 aromatic heterocycles. The Kier molecular flexibility index (Phi) is 36.3. The van der Waals surface area contributed by atoms with Gasteiger partial charge in [0.25, 0.3) is 0 Å². The highest BCUT2D eigenvalue weighted by Crippen LogP contribution is 2.43. The van der Waals surface area contributed by atoms with Crippen molar-refractivity contribution in [3.63, 3.8) is 0 Å². The molecule has 0 bridgehead atoms. The van der Waals surface area contributed by atoms with E-state index in [2.05, 4.69) is 62.5 Å². The van der Waals surface area contributed by atoms with E-state index in [9.17, 15) is 19.4 Å². The minimum atomic E-state index is -4.32. The van der Waals surface area contributed by atoms with E-state index in [0.29, 0.717) is 23.9 Å². The van der Waals surface area contributed by atoms with E-state index < -0.39 is 26.0 Å². The number of phosphoric ester groups is 1. The van der Waals surface area contributed by atoms with Crippen LogP contribution in [-0.2, 0) is 27.9 Å². The van der Waals surface area contributed by atoms with E-state index >= 15 is 0 Å². The first kappa shape index (κ1) is 53.5. The highest BCUT2D eigenvalue weighted by atomic mass is 31.2. The van der Waals surface area contributed by atoms with Crippen LogP contribution in [0.1, 0.15) is 142 Å². The van der Waals surface area contributed by atoms with E-state index in [1.807, 2.05) is 45.4 Å². The lowest BCUT2D eigenvalue weighted by atomic mass is 10.1. The van der Waals surface area contributed by atoms with Crippen molar-refractivity contribution >= 4 is 13.8 Å². The highest BCUT2D eigenvalue weighted by molar-refractivity contribution is 7.47. The summed E-state index contributed by atoms with van der Waals surface area (Å²) < 4.78 is 34.6. The van der Waals surface area contributed by atoms with Gasteiger partial charge in [0.15, 0.2) is 6.10 Å². The molecule has 3 atom stereocenters. The van der Waals surface area contributed by atoms with Crippen LogP contribution in [0.15, 0.2) is 85.3 Å². The fraction of sp³-hybridized carbons (Fsp3) is 0.674. The molecule has 0 aliphatic carbocycles. The quantitative estimate of drug-likeness (QED) is 0.0121. The van der Waals surface area contributed by atoms with Crippen molar-refractivity contribution in [2.75, 3.05) is 47.5 Å². The molecular weight excluding hydrogens is 725 g/mol. The summed E-state index contributed by atoms with van der Waals surface area (Å²) in [6, 6.07) is 0. The van der Waals surface area contributed by atoms with Crippen LogP contribution in [0, 0.1) is 0 Å². The molecule has 0 heterocycles. The maximum atomic E-state index is 12.5. The van der Waals surface area contributed by atoms with E-state index in [1.54, 1.807) is 12.3 Å². The SMILES string of the molecule is CC/C=C\C/C=C\C/C=C\C/C=C\C=C\C(O)CCCC(=O)OC[C@H](COP(=O)(O)OCC[N+](C)(C)C)O/C=C/CCCCCCCC/C=C\CCCCCC. The van der Waals surface area contributed by atoms with Gasteiger partial charge >= 0.3 is 13.8 Å². The minimum Gasteiger partial charge on any atom is -0.492 e. The molecule has 0 aromatic carbocycles. The fourth-order valence-corrected chi connectivity index (χ4v) is 5.95. The zero-order chi connectivity index (χ0) is 41.4. The number of phosphoric acid groups is 1. The van der Waals surface area contributed by atoms with Gasteiger partial charge in [-0.1, -0.05) is 132 Å². The number of quaternary nitrogens is 1.